The van der Waals surface area contributed by atoms with E-state index in [9.17, 15) is 0 Å². The average molecular weight is 446 g/mol. The fourth-order valence-electron chi connectivity index (χ4n) is 4.24. The molecule has 2 nitrogen and oxygen atoms in total. The summed E-state index contributed by atoms with van der Waals surface area (Å²) in [6, 6.07) is 13.8. The van der Waals surface area contributed by atoms with Gasteiger partial charge in [-0.2, -0.15) is 0 Å². The van der Waals surface area contributed by atoms with Gasteiger partial charge < -0.3 is 0 Å². The minimum atomic E-state index is -0.877. The van der Waals surface area contributed by atoms with Gasteiger partial charge >= 0.3 is 187 Å². The molecule has 0 N–H and O–H groups in total. The van der Waals surface area contributed by atoms with Crippen LogP contribution in [0.3, 0.4) is 0 Å². The van der Waals surface area contributed by atoms with Crippen LogP contribution < -0.4 is 7.21 Å². The number of hydrogen-bond acceptors (Lipinski definition) is 2. The Morgan fingerprint density at radius 3 is 1.03 bits per heavy atom. The zero-order valence-corrected chi connectivity index (χ0v) is 21.8. The molecule has 2 radical (unpaired) electrons. The molecule has 3 heteroatoms. The molecule has 2 aromatic rings. The van der Waals surface area contributed by atoms with Crippen LogP contribution in [0.4, 0.5) is 11.4 Å². The van der Waals surface area contributed by atoms with Crippen molar-refractivity contribution in [3.63, 3.8) is 0 Å². The molecule has 1 aliphatic heterocycles. The van der Waals surface area contributed by atoms with Crippen LogP contribution in [0, 0.1) is 0 Å². The van der Waals surface area contributed by atoms with Crippen molar-refractivity contribution in [3.8, 4) is 0 Å². The van der Waals surface area contributed by atoms with Crippen LogP contribution in [0.15, 0.2) is 48.8 Å². The molecular weight excluding hydrogens is 410 g/mol. The molecule has 0 aromatic heterocycles. The van der Waals surface area contributed by atoms with Crippen LogP contribution >= 0.6 is 0 Å². The van der Waals surface area contributed by atoms with Gasteiger partial charge in [0.05, 0.1) is 0 Å². The van der Waals surface area contributed by atoms with E-state index in [1.54, 1.807) is 0 Å². The van der Waals surface area contributed by atoms with Crippen LogP contribution in [0.2, 0.25) is 0 Å². The molecule has 1 heterocycles. The summed E-state index contributed by atoms with van der Waals surface area (Å²) in [7, 11) is 0. The van der Waals surface area contributed by atoms with E-state index in [-0.39, 0.29) is 0 Å². The molecule has 0 amide bonds. The summed E-state index contributed by atoms with van der Waals surface area (Å²) < 4.78 is 5.21. The minimum absolute atomic E-state index is 0.525. The van der Waals surface area contributed by atoms with E-state index in [0.717, 1.165) is 0 Å². The molecule has 29 heavy (non-hydrogen) atoms. The molecule has 0 atom stereocenters. The standard InChI is InChI=1S/C26H36N2.Ga/c1-17(2)21-11-9-12-22(18(3)4)25(21)27-15-16-28-26-23(19(5)6)13-10-14-24(26)20(7)8;/h9-20H,1-8H3;/q-2;+1. The van der Waals surface area contributed by atoms with E-state index >= 15 is 0 Å². The summed E-state index contributed by atoms with van der Waals surface area (Å²) >= 11 is -0.877. The molecule has 0 saturated carbocycles. The third-order valence-corrected chi connectivity index (χ3v) is 8.69. The Labute approximate surface area is 186 Å². The van der Waals surface area contributed by atoms with Crippen LogP contribution in [0.25, 0.3) is 0 Å². The van der Waals surface area contributed by atoms with Gasteiger partial charge in [0, 0.05) is 0 Å². The monoisotopic (exact) mass is 445 g/mol. The molecular formula is C26H36GaN2-. The van der Waals surface area contributed by atoms with Gasteiger partial charge in [-0.05, 0) is 0 Å². The Hall–Kier alpha value is -1.58. The number of anilines is 2. The molecule has 0 spiro atoms. The Morgan fingerprint density at radius 2 is 0.793 bits per heavy atom. The van der Waals surface area contributed by atoms with E-state index in [1.807, 2.05) is 0 Å². The van der Waals surface area contributed by atoms with Crippen molar-refractivity contribution in [2.45, 2.75) is 79.1 Å². The van der Waals surface area contributed by atoms with Gasteiger partial charge in [0.2, 0.25) is 0 Å². The first-order chi connectivity index (χ1) is 13.7. The molecule has 3 rings (SSSR count). The van der Waals surface area contributed by atoms with Gasteiger partial charge in [0.1, 0.15) is 0 Å². The van der Waals surface area contributed by atoms with E-state index in [2.05, 4.69) is 111 Å². The van der Waals surface area contributed by atoms with E-state index in [4.69, 9.17) is 0 Å². The molecule has 0 unspecified atom stereocenters. The Balaban J connectivity index is 2.05. The van der Waals surface area contributed by atoms with Gasteiger partial charge in [-0.15, -0.1) is 0 Å². The van der Waals surface area contributed by atoms with Gasteiger partial charge in [0.15, 0.2) is 0 Å². The fourth-order valence-corrected chi connectivity index (χ4v) is 7.18. The molecule has 0 saturated heterocycles. The van der Waals surface area contributed by atoms with Crippen molar-refractivity contribution < 1.29 is 0 Å². The fraction of sp³-hybridized carbons (Fsp3) is 0.462. The van der Waals surface area contributed by atoms with Crippen LogP contribution in [0.1, 0.15) is 101 Å². The van der Waals surface area contributed by atoms with Gasteiger partial charge in [0.25, 0.3) is 0 Å². The van der Waals surface area contributed by atoms with Crippen molar-refractivity contribution in [1.82, 2.24) is 0 Å². The predicted molar refractivity (Wildman–Crippen MR) is 129 cm³/mol. The normalized spacial score (nSPS) is 14.3. The maximum absolute atomic E-state index is 2.61. The summed E-state index contributed by atoms with van der Waals surface area (Å²) in [4.78, 5) is 0. The summed E-state index contributed by atoms with van der Waals surface area (Å²) in [6.07, 6.45) is 4.68. The topological polar surface area (TPSA) is 6.48 Å². The van der Waals surface area contributed by atoms with Crippen molar-refractivity contribution in [2.75, 3.05) is 7.21 Å². The van der Waals surface area contributed by atoms with Crippen LogP contribution in [-0.4, -0.2) is 17.9 Å². The zero-order chi connectivity index (χ0) is 21.3. The molecule has 154 valence electrons. The second-order valence-corrected chi connectivity index (χ2v) is 12.2. The second-order valence-electron chi connectivity index (χ2n) is 9.42. The van der Waals surface area contributed by atoms with Crippen molar-refractivity contribution >= 4 is 29.3 Å². The number of hydrogen-bond donors (Lipinski definition) is 0. The molecule has 0 bridgehead atoms. The van der Waals surface area contributed by atoms with E-state index < -0.39 is 17.9 Å². The molecule has 0 fully saturated rings. The summed E-state index contributed by atoms with van der Waals surface area (Å²) in [5.74, 6) is 2.10. The number of benzene rings is 2. The molecule has 0 aliphatic carbocycles. The maximum atomic E-state index is 2.61. The molecule has 1 aliphatic rings. The van der Waals surface area contributed by atoms with E-state index in [1.165, 1.54) is 33.6 Å². The van der Waals surface area contributed by atoms with E-state index in [0.29, 0.717) is 23.7 Å². The summed E-state index contributed by atoms with van der Waals surface area (Å²) in [5.41, 5.74) is 8.82. The van der Waals surface area contributed by atoms with Crippen molar-refractivity contribution in [1.29, 1.82) is 0 Å². The van der Waals surface area contributed by atoms with Crippen molar-refractivity contribution in [3.05, 3.63) is 71.1 Å². The predicted octanol–water partition coefficient (Wildman–Crippen LogP) is 7.51. The summed E-state index contributed by atoms with van der Waals surface area (Å²) in [6.45, 7) is 18.5. The zero-order valence-electron chi connectivity index (χ0n) is 19.4. The average Bonchev–Trinajstić information content (AvgIpc) is 3.15. The Morgan fingerprint density at radius 1 is 0.517 bits per heavy atom. The quantitative estimate of drug-likeness (QED) is 0.424. The first kappa shape index (κ1) is 22.1. The third-order valence-electron chi connectivity index (χ3n) is 5.84. The summed E-state index contributed by atoms with van der Waals surface area (Å²) in [5, 5.41) is 0. The van der Waals surface area contributed by atoms with Gasteiger partial charge in [-0.3, -0.25) is 0 Å². The number of nitrogens with zero attached hydrogens (tertiary/aromatic N) is 2. The van der Waals surface area contributed by atoms with Gasteiger partial charge in [-0.1, -0.05) is 0 Å². The van der Waals surface area contributed by atoms with Crippen LogP contribution in [0.5, 0.6) is 0 Å². The Kier molecular flexibility index (Phi) is 6.90. The van der Waals surface area contributed by atoms with Gasteiger partial charge in [-0.25, -0.2) is 0 Å². The third kappa shape index (κ3) is 4.46. The molecule has 2 aromatic carbocycles. The Bertz CT molecular complexity index is 756. The number of para-hydroxylation sites is 2. The SMILES string of the molecule is CC(C)c1cccc(C(C)C)c1[N]1C=C[N](c2c(C(C)C)cccc2C(C)C)[Ga-]1. The first-order valence-electron chi connectivity index (χ1n) is 11.1. The van der Waals surface area contributed by atoms with Crippen LogP contribution in [-0.2, 0) is 0 Å². The first-order valence-corrected chi connectivity index (χ1v) is 13.2. The number of rotatable bonds is 6. The van der Waals surface area contributed by atoms with Crippen molar-refractivity contribution in [2.24, 2.45) is 0 Å². The second kappa shape index (κ2) is 9.05.